The molecule has 2 aromatic rings. The number of nitrogens with two attached hydrogens (primary N) is 1. The van der Waals surface area contributed by atoms with E-state index in [1.807, 2.05) is 29.5 Å². The second-order valence-electron chi connectivity index (χ2n) is 4.62. The van der Waals surface area contributed by atoms with Gasteiger partial charge in [-0.25, -0.2) is 0 Å². The Morgan fingerprint density at radius 1 is 1.33 bits per heavy atom. The lowest BCUT2D eigenvalue weighted by molar-refractivity contribution is 0.609. The largest absolute Gasteiger partial charge is 0.397 e. The summed E-state index contributed by atoms with van der Waals surface area (Å²) < 4.78 is 0. The average Bonchev–Trinajstić information content (AvgIpc) is 2.83. The summed E-state index contributed by atoms with van der Waals surface area (Å²) >= 11 is 7.87. The summed E-state index contributed by atoms with van der Waals surface area (Å²) in [4.78, 5) is 1.50. The maximum Gasteiger partial charge on any atom is 0.0593 e. The molecule has 3 N–H and O–H groups in total. The van der Waals surface area contributed by atoms with E-state index in [0.29, 0.717) is 11.1 Å². The van der Waals surface area contributed by atoms with Gasteiger partial charge in [0.1, 0.15) is 0 Å². The number of nitrogens with one attached hydrogen (secondary N) is 1. The Morgan fingerprint density at radius 3 is 3.11 bits per heavy atom. The minimum Gasteiger partial charge on any atom is -0.397 e. The summed E-state index contributed by atoms with van der Waals surface area (Å²) in [5.41, 5.74) is 9.09. The maximum absolute atomic E-state index is 6.02. The van der Waals surface area contributed by atoms with E-state index in [0.717, 1.165) is 17.8 Å². The molecule has 1 aromatic carbocycles. The molecular weight excluding hydrogens is 264 g/mol. The second-order valence-corrected chi connectivity index (χ2v) is 6.06. The van der Waals surface area contributed by atoms with Crippen LogP contribution in [0.15, 0.2) is 29.6 Å². The quantitative estimate of drug-likeness (QED) is 0.795. The fraction of sp³-hybridized carbons (Fsp3) is 0.286. The third-order valence-electron chi connectivity index (χ3n) is 3.40. The van der Waals surface area contributed by atoms with Crippen LogP contribution in [-0.4, -0.2) is 0 Å². The van der Waals surface area contributed by atoms with Gasteiger partial charge in [0.05, 0.1) is 17.4 Å². The van der Waals surface area contributed by atoms with Crippen molar-refractivity contribution < 1.29 is 0 Å². The Morgan fingerprint density at radius 2 is 2.22 bits per heavy atom. The number of benzene rings is 1. The molecule has 4 heteroatoms. The molecule has 0 aliphatic heterocycles. The Balaban J connectivity index is 1.88. The number of hydrogen-bond donors (Lipinski definition) is 2. The van der Waals surface area contributed by atoms with Crippen molar-refractivity contribution in [3.8, 4) is 0 Å². The molecule has 0 bridgehead atoms. The van der Waals surface area contributed by atoms with Crippen LogP contribution in [0.5, 0.6) is 0 Å². The molecule has 0 amide bonds. The van der Waals surface area contributed by atoms with Gasteiger partial charge in [-0.3, -0.25) is 0 Å². The lowest BCUT2D eigenvalue weighted by Crippen LogP contribution is -2.16. The van der Waals surface area contributed by atoms with E-state index in [1.165, 1.54) is 23.3 Å². The minimum absolute atomic E-state index is 0.362. The first-order valence-corrected chi connectivity index (χ1v) is 7.37. The predicted molar refractivity (Wildman–Crippen MR) is 79.5 cm³/mol. The fourth-order valence-corrected chi connectivity index (χ4v) is 3.64. The van der Waals surface area contributed by atoms with Crippen LogP contribution in [0.2, 0.25) is 5.02 Å². The van der Waals surface area contributed by atoms with Crippen LogP contribution in [0.4, 0.5) is 11.4 Å². The predicted octanol–water partition coefficient (Wildman–Crippen LogP) is 4.47. The van der Waals surface area contributed by atoms with Gasteiger partial charge in [-0.05, 0) is 54.5 Å². The van der Waals surface area contributed by atoms with Crippen LogP contribution in [0.3, 0.4) is 0 Å². The number of halogens is 1. The molecular formula is C14H15ClN2S. The summed E-state index contributed by atoms with van der Waals surface area (Å²) in [5, 5.41) is 6.42. The zero-order valence-corrected chi connectivity index (χ0v) is 11.5. The molecule has 1 aromatic heterocycles. The molecule has 18 heavy (non-hydrogen) atoms. The maximum atomic E-state index is 6.02. The molecule has 1 aliphatic carbocycles. The number of anilines is 2. The van der Waals surface area contributed by atoms with Crippen LogP contribution < -0.4 is 11.1 Å². The molecule has 1 aliphatic rings. The van der Waals surface area contributed by atoms with E-state index in [9.17, 15) is 0 Å². The molecule has 3 rings (SSSR count). The van der Waals surface area contributed by atoms with Crippen LogP contribution in [0.25, 0.3) is 0 Å². The second kappa shape index (κ2) is 4.82. The van der Waals surface area contributed by atoms with Crippen molar-refractivity contribution >= 4 is 34.3 Å². The van der Waals surface area contributed by atoms with Gasteiger partial charge in [0, 0.05) is 9.90 Å². The van der Waals surface area contributed by atoms with Gasteiger partial charge < -0.3 is 11.1 Å². The molecule has 2 nitrogen and oxygen atoms in total. The van der Waals surface area contributed by atoms with Crippen LogP contribution >= 0.6 is 22.9 Å². The van der Waals surface area contributed by atoms with Gasteiger partial charge in [-0.1, -0.05) is 11.6 Å². The first-order valence-electron chi connectivity index (χ1n) is 6.12. The van der Waals surface area contributed by atoms with Crippen molar-refractivity contribution in [2.75, 3.05) is 11.1 Å². The van der Waals surface area contributed by atoms with Crippen molar-refractivity contribution in [3.05, 3.63) is 45.1 Å². The highest BCUT2D eigenvalue weighted by Crippen LogP contribution is 2.37. The number of thiophene rings is 1. The normalized spacial score (nSPS) is 18.4. The highest BCUT2D eigenvalue weighted by Gasteiger charge is 2.21. The Hall–Kier alpha value is -1.19. The van der Waals surface area contributed by atoms with Crippen molar-refractivity contribution in [2.24, 2.45) is 0 Å². The van der Waals surface area contributed by atoms with E-state index in [1.54, 1.807) is 0 Å². The summed E-state index contributed by atoms with van der Waals surface area (Å²) in [7, 11) is 0. The topological polar surface area (TPSA) is 38.0 Å². The lowest BCUT2D eigenvalue weighted by atomic mass is 9.94. The average molecular weight is 279 g/mol. The van der Waals surface area contributed by atoms with E-state index in [2.05, 4.69) is 16.8 Å². The van der Waals surface area contributed by atoms with Gasteiger partial charge in [-0.2, -0.15) is 0 Å². The molecule has 0 saturated carbocycles. The third kappa shape index (κ3) is 2.20. The van der Waals surface area contributed by atoms with Gasteiger partial charge in [-0.15, -0.1) is 11.3 Å². The summed E-state index contributed by atoms with van der Waals surface area (Å²) in [6.07, 6.45) is 3.58. The number of nitrogen functional groups attached to an aromatic ring is 1. The number of rotatable bonds is 2. The van der Waals surface area contributed by atoms with Gasteiger partial charge in [0.25, 0.3) is 0 Å². The highest BCUT2D eigenvalue weighted by molar-refractivity contribution is 7.10. The fourth-order valence-electron chi connectivity index (χ4n) is 2.48. The molecule has 0 saturated heterocycles. The standard InChI is InChI=1S/C14H15ClN2S/c15-9-4-5-11(16)13(8-9)17-12-2-1-3-14-10(12)6-7-18-14/h4-8,12,17H,1-3,16H2. The molecule has 1 unspecified atom stereocenters. The van der Waals surface area contributed by atoms with Crippen LogP contribution in [0, 0.1) is 0 Å². The molecule has 1 atom stereocenters. The van der Waals surface area contributed by atoms with Crippen LogP contribution in [0.1, 0.15) is 29.3 Å². The van der Waals surface area contributed by atoms with E-state index in [4.69, 9.17) is 17.3 Å². The molecule has 1 heterocycles. The van der Waals surface area contributed by atoms with Gasteiger partial charge >= 0.3 is 0 Å². The Bertz CT molecular complexity index is 565. The van der Waals surface area contributed by atoms with Crippen molar-refractivity contribution in [1.82, 2.24) is 0 Å². The van der Waals surface area contributed by atoms with Gasteiger partial charge in [0.2, 0.25) is 0 Å². The lowest BCUT2D eigenvalue weighted by Gasteiger charge is -2.25. The first-order chi connectivity index (χ1) is 8.74. The van der Waals surface area contributed by atoms with E-state index < -0.39 is 0 Å². The van der Waals surface area contributed by atoms with Crippen molar-refractivity contribution in [3.63, 3.8) is 0 Å². The van der Waals surface area contributed by atoms with Crippen molar-refractivity contribution in [1.29, 1.82) is 0 Å². The van der Waals surface area contributed by atoms with E-state index >= 15 is 0 Å². The molecule has 0 radical (unpaired) electrons. The SMILES string of the molecule is Nc1ccc(Cl)cc1NC1CCCc2sccc21. The van der Waals surface area contributed by atoms with Crippen molar-refractivity contribution in [2.45, 2.75) is 25.3 Å². The number of hydrogen-bond acceptors (Lipinski definition) is 3. The highest BCUT2D eigenvalue weighted by atomic mass is 35.5. The molecule has 0 spiro atoms. The molecule has 0 fully saturated rings. The molecule has 94 valence electrons. The monoisotopic (exact) mass is 278 g/mol. The van der Waals surface area contributed by atoms with Gasteiger partial charge in [0.15, 0.2) is 0 Å². The number of aryl methyl sites for hydroxylation is 1. The zero-order valence-electron chi connectivity index (χ0n) is 9.95. The van der Waals surface area contributed by atoms with Crippen LogP contribution in [-0.2, 0) is 6.42 Å². The minimum atomic E-state index is 0.362. The smallest absolute Gasteiger partial charge is 0.0593 e. The summed E-state index contributed by atoms with van der Waals surface area (Å²) in [5.74, 6) is 0. The zero-order chi connectivity index (χ0) is 12.5. The van der Waals surface area contributed by atoms with E-state index in [-0.39, 0.29) is 0 Å². The Kier molecular flexibility index (Phi) is 3.18. The first kappa shape index (κ1) is 11.9. The Labute approximate surface area is 116 Å². The third-order valence-corrected chi connectivity index (χ3v) is 4.63. The number of fused-ring (bicyclic) bond motifs is 1. The summed E-state index contributed by atoms with van der Waals surface area (Å²) in [6.45, 7) is 0. The summed E-state index contributed by atoms with van der Waals surface area (Å²) in [6, 6.07) is 8.15.